The molecule has 8 heteroatoms. The van der Waals surface area contributed by atoms with Gasteiger partial charge in [-0.25, -0.2) is 4.98 Å². The van der Waals surface area contributed by atoms with Crippen LogP contribution < -0.4 is 10.2 Å². The van der Waals surface area contributed by atoms with E-state index in [9.17, 15) is 9.90 Å². The second-order valence-corrected chi connectivity index (χ2v) is 9.52. The molecular formula is C24H31Cl2N3O3. The molecule has 2 heterocycles. The van der Waals surface area contributed by atoms with Crippen LogP contribution in [0.1, 0.15) is 51.5 Å². The highest BCUT2D eigenvalue weighted by molar-refractivity contribution is 6.41. The largest absolute Gasteiger partial charge is 0.481 e. The van der Waals surface area contributed by atoms with E-state index in [1.807, 2.05) is 19.1 Å². The summed E-state index contributed by atoms with van der Waals surface area (Å²) in [6, 6.07) is 10.0. The summed E-state index contributed by atoms with van der Waals surface area (Å²) in [4.78, 5) is 18.1. The minimum absolute atomic E-state index is 0.0689. The van der Waals surface area contributed by atoms with Crippen molar-refractivity contribution in [3.8, 4) is 0 Å². The van der Waals surface area contributed by atoms with Crippen LogP contribution in [0.5, 0.6) is 0 Å². The van der Waals surface area contributed by atoms with E-state index in [4.69, 9.17) is 27.9 Å². The molecule has 0 saturated carbocycles. The first-order valence-electron chi connectivity index (χ1n) is 11.0. The molecule has 1 atom stereocenters. The summed E-state index contributed by atoms with van der Waals surface area (Å²) in [5, 5.41) is 13.3. The summed E-state index contributed by atoms with van der Waals surface area (Å²) in [6.07, 6.45) is 2.00. The van der Waals surface area contributed by atoms with E-state index in [0.717, 1.165) is 49.5 Å². The monoisotopic (exact) mass is 479 g/mol. The van der Waals surface area contributed by atoms with Gasteiger partial charge < -0.3 is 20.1 Å². The number of hydrogen-bond acceptors (Lipinski definition) is 5. The zero-order chi connectivity index (χ0) is 23.3. The van der Waals surface area contributed by atoms with E-state index in [0.29, 0.717) is 22.8 Å². The van der Waals surface area contributed by atoms with Gasteiger partial charge in [0.15, 0.2) is 0 Å². The predicted molar refractivity (Wildman–Crippen MR) is 131 cm³/mol. The smallest absolute Gasteiger partial charge is 0.303 e. The molecule has 1 aliphatic rings. The number of ether oxygens (including phenoxy) is 1. The molecule has 32 heavy (non-hydrogen) atoms. The fourth-order valence-electron chi connectivity index (χ4n) is 4.05. The maximum absolute atomic E-state index is 11.3. The zero-order valence-corrected chi connectivity index (χ0v) is 20.3. The van der Waals surface area contributed by atoms with Crippen LogP contribution in [0.25, 0.3) is 0 Å². The average molecular weight is 480 g/mol. The van der Waals surface area contributed by atoms with Crippen molar-refractivity contribution >= 4 is 46.4 Å². The predicted octanol–water partition coefficient (Wildman–Crippen LogP) is 6.35. The molecule has 0 aliphatic carbocycles. The van der Waals surface area contributed by atoms with E-state index < -0.39 is 5.97 Å². The van der Waals surface area contributed by atoms with Crippen molar-refractivity contribution in [2.24, 2.45) is 5.92 Å². The second kappa shape index (κ2) is 11.2. The molecule has 6 nitrogen and oxygen atoms in total. The van der Waals surface area contributed by atoms with Crippen molar-refractivity contribution in [1.82, 2.24) is 4.98 Å². The van der Waals surface area contributed by atoms with Gasteiger partial charge >= 0.3 is 5.97 Å². The molecule has 0 unspecified atom stereocenters. The van der Waals surface area contributed by atoms with E-state index in [1.165, 1.54) is 0 Å². The molecule has 1 aromatic heterocycles. The highest BCUT2D eigenvalue weighted by atomic mass is 35.5. The summed E-state index contributed by atoms with van der Waals surface area (Å²) in [7, 11) is 0. The first-order valence-corrected chi connectivity index (χ1v) is 11.8. The van der Waals surface area contributed by atoms with E-state index >= 15 is 0 Å². The van der Waals surface area contributed by atoms with Crippen LogP contribution >= 0.6 is 23.2 Å². The van der Waals surface area contributed by atoms with Crippen LogP contribution in [0.4, 0.5) is 17.2 Å². The molecule has 0 bridgehead atoms. The van der Waals surface area contributed by atoms with Gasteiger partial charge in [0, 0.05) is 25.8 Å². The standard InChI is InChI=1S/C24H31Cl2N3O3/c1-15(2)14-29(18-8-10-32-11-9-18)21-6-4-17(16(3)12-23(30)31)13-20(21)27-22-7-5-19(25)24(26)28-22/h4-7,13,15-16,18H,8-12,14H2,1-3H3,(H,27,28)(H,30,31)/t16-/m1/s1. The van der Waals surface area contributed by atoms with Gasteiger partial charge in [0.2, 0.25) is 0 Å². The first-order chi connectivity index (χ1) is 15.2. The van der Waals surface area contributed by atoms with E-state index in [2.05, 4.69) is 35.1 Å². The van der Waals surface area contributed by atoms with Gasteiger partial charge in [-0.05, 0) is 54.5 Å². The third-order valence-corrected chi connectivity index (χ3v) is 6.33. The minimum atomic E-state index is -0.814. The number of anilines is 3. The summed E-state index contributed by atoms with van der Waals surface area (Å²) in [5.74, 6) is 0.121. The summed E-state index contributed by atoms with van der Waals surface area (Å²) in [6.45, 7) is 8.76. The maximum atomic E-state index is 11.3. The Labute approximate surface area is 199 Å². The number of nitrogens with zero attached hydrogens (tertiary/aromatic N) is 2. The number of carboxylic acid groups (broad SMARTS) is 1. The Morgan fingerprint density at radius 2 is 1.94 bits per heavy atom. The number of benzene rings is 1. The van der Waals surface area contributed by atoms with Crippen molar-refractivity contribution in [2.75, 3.05) is 30.0 Å². The third kappa shape index (κ3) is 6.50. The molecule has 0 spiro atoms. The van der Waals surface area contributed by atoms with Crippen molar-refractivity contribution in [3.63, 3.8) is 0 Å². The van der Waals surface area contributed by atoms with Crippen molar-refractivity contribution in [3.05, 3.63) is 46.1 Å². The van der Waals surface area contributed by atoms with Crippen LogP contribution in [-0.2, 0) is 9.53 Å². The highest BCUT2D eigenvalue weighted by Crippen LogP contribution is 2.36. The Balaban J connectivity index is 2.03. The molecule has 2 N–H and O–H groups in total. The molecule has 174 valence electrons. The quantitative estimate of drug-likeness (QED) is 0.408. The SMILES string of the molecule is CC(C)CN(c1ccc([C@H](C)CC(=O)O)cc1Nc1ccc(Cl)c(Cl)n1)C1CCOCC1. The van der Waals surface area contributed by atoms with Crippen LogP contribution in [0, 0.1) is 5.92 Å². The molecule has 0 amide bonds. The number of hydrogen-bond donors (Lipinski definition) is 2. The first kappa shape index (κ1) is 24.6. The maximum Gasteiger partial charge on any atom is 0.303 e. The fourth-order valence-corrected chi connectivity index (χ4v) is 4.31. The number of halogens is 2. The number of nitrogens with one attached hydrogen (secondary N) is 1. The van der Waals surface area contributed by atoms with Gasteiger partial charge in [0.25, 0.3) is 0 Å². The summed E-state index contributed by atoms with van der Waals surface area (Å²) in [5.41, 5.74) is 2.89. The molecule has 1 saturated heterocycles. The van der Waals surface area contributed by atoms with Crippen LogP contribution in [0.15, 0.2) is 30.3 Å². The summed E-state index contributed by atoms with van der Waals surface area (Å²) >= 11 is 12.2. The number of pyridine rings is 1. The number of rotatable bonds is 9. The van der Waals surface area contributed by atoms with Crippen LogP contribution in [-0.4, -0.2) is 41.9 Å². The molecule has 2 aromatic rings. The van der Waals surface area contributed by atoms with Crippen LogP contribution in [0.2, 0.25) is 10.2 Å². The molecule has 1 aliphatic heterocycles. The Morgan fingerprint density at radius 3 is 2.56 bits per heavy atom. The van der Waals surface area contributed by atoms with E-state index in [1.54, 1.807) is 12.1 Å². The molecule has 1 aromatic carbocycles. The van der Waals surface area contributed by atoms with Gasteiger partial charge in [-0.3, -0.25) is 4.79 Å². The number of aromatic nitrogens is 1. The Kier molecular flexibility index (Phi) is 8.63. The lowest BCUT2D eigenvalue weighted by atomic mass is 9.95. The summed E-state index contributed by atoms with van der Waals surface area (Å²) < 4.78 is 5.59. The van der Waals surface area contributed by atoms with Crippen LogP contribution in [0.3, 0.4) is 0 Å². The Morgan fingerprint density at radius 1 is 1.22 bits per heavy atom. The van der Waals surface area contributed by atoms with Crippen molar-refractivity contribution in [2.45, 2.75) is 52.0 Å². The highest BCUT2D eigenvalue weighted by Gasteiger charge is 2.25. The topological polar surface area (TPSA) is 74.7 Å². The Hall–Kier alpha value is -2.02. The molecule has 3 rings (SSSR count). The average Bonchev–Trinajstić information content (AvgIpc) is 2.75. The molecule has 1 fully saturated rings. The zero-order valence-electron chi connectivity index (χ0n) is 18.8. The van der Waals surface area contributed by atoms with Gasteiger partial charge in [-0.2, -0.15) is 0 Å². The third-order valence-electron chi connectivity index (χ3n) is 5.64. The molecular weight excluding hydrogens is 449 g/mol. The molecule has 0 radical (unpaired) electrons. The normalized spacial score (nSPS) is 15.6. The number of carbonyl (C=O) groups is 1. The van der Waals surface area contributed by atoms with Gasteiger partial charge in [0.05, 0.1) is 22.8 Å². The van der Waals surface area contributed by atoms with Crippen molar-refractivity contribution in [1.29, 1.82) is 0 Å². The second-order valence-electron chi connectivity index (χ2n) is 8.76. The lowest BCUT2D eigenvalue weighted by Gasteiger charge is -2.38. The lowest BCUT2D eigenvalue weighted by molar-refractivity contribution is -0.137. The van der Waals surface area contributed by atoms with E-state index in [-0.39, 0.29) is 17.5 Å². The Bertz CT molecular complexity index is 933. The van der Waals surface area contributed by atoms with Gasteiger partial charge in [0.1, 0.15) is 11.0 Å². The van der Waals surface area contributed by atoms with Gasteiger partial charge in [-0.15, -0.1) is 0 Å². The minimum Gasteiger partial charge on any atom is -0.481 e. The lowest BCUT2D eigenvalue weighted by Crippen LogP contribution is -2.42. The van der Waals surface area contributed by atoms with Crippen molar-refractivity contribution < 1.29 is 14.6 Å². The fraction of sp³-hybridized carbons (Fsp3) is 0.500. The van der Waals surface area contributed by atoms with Gasteiger partial charge in [-0.1, -0.05) is 50.0 Å². The number of aliphatic carboxylic acids is 1. The number of carboxylic acids is 1.